The van der Waals surface area contributed by atoms with Crippen molar-refractivity contribution < 1.29 is 9.90 Å². The summed E-state index contributed by atoms with van der Waals surface area (Å²) in [6.45, 7) is 6.17. The van der Waals surface area contributed by atoms with Crippen molar-refractivity contribution in [1.29, 1.82) is 0 Å². The van der Waals surface area contributed by atoms with Crippen LogP contribution in [0.2, 0.25) is 0 Å². The summed E-state index contributed by atoms with van der Waals surface area (Å²) in [5, 5.41) is 18.0. The fraction of sp³-hybridized carbons (Fsp3) is 0.519. The van der Waals surface area contributed by atoms with Gasteiger partial charge in [-0.25, -0.2) is 0 Å². The predicted octanol–water partition coefficient (Wildman–Crippen LogP) is 2.16. The number of fused-ring (bicyclic) bond motifs is 2. The van der Waals surface area contributed by atoms with Crippen molar-refractivity contribution in [1.82, 2.24) is 15.1 Å². The van der Waals surface area contributed by atoms with E-state index >= 15 is 0 Å². The minimum atomic E-state index is -0.569. The Balaban J connectivity index is 1.22. The Labute approximate surface area is 202 Å². The fourth-order valence-electron chi connectivity index (χ4n) is 5.49. The zero-order chi connectivity index (χ0) is 23.5. The van der Waals surface area contributed by atoms with Crippen molar-refractivity contribution in [3.63, 3.8) is 0 Å². The summed E-state index contributed by atoms with van der Waals surface area (Å²) < 4.78 is 0. The third-order valence-corrected chi connectivity index (χ3v) is 7.41. The number of nitrogens with zero attached hydrogens (tertiary/aromatic N) is 3. The van der Waals surface area contributed by atoms with Crippen LogP contribution < -0.4 is 15.5 Å². The lowest BCUT2D eigenvalue weighted by atomic mass is 10.00. The number of piperidine rings is 1. The maximum atomic E-state index is 13.4. The molecular formula is C27H37N5O2. The number of anilines is 2. The monoisotopic (exact) mass is 463 g/mol. The molecule has 2 atom stereocenters. The van der Waals surface area contributed by atoms with Crippen LogP contribution in [0, 0.1) is 0 Å². The number of hydrogen-bond acceptors (Lipinski definition) is 6. The number of hydrogen-bond donors (Lipinski definition) is 3. The van der Waals surface area contributed by atoms with E-state index in [1.807, 2.05) is 24.1 Å². The Morgan fingerprint density at radius 2 is 1.97 bits per heavy atom. The molecule has 5 rings (SSSR count). The number of likely N-dealkylation sites (N-methyl/N-ethyl adjacent to an activating group) is 1. The summed E-state index contributed by atoms with van der Waals surface area (Å²) >= 11 is 0. The Morgan fingerprint density at radius 3 is 2.79 bits per heavy atom. The van der Waals surface area contributed by atoms with Gasteiger partial charge in [0.2, 0.25) is 0 Å². The molecule has 3 N–H and O–H groups in total. The number of amides is 1. The molecule has 182 valence electrons. The zero-order valence-corrected chi connectivity index (χ0v) is 20.2. The van der Waals surface area contributed by atoms with Gasteiger partial charge in [0.1, 0.15) is 0 Å². The number of aliphatic hydroxyl groups is 1. The molecule has 0 aliphatic carbocycles. The van der Waals surface area contributed by atoms with E-state index in [9.17, 15) is 9.90 Å². The van der Waals surface area contributed by atoms with E-state index in [2.05, 4.69) is 50.8 Å². The molecule has 2 aromatic rings. The predicted molar refractivity (Wildman–Crippen MR) is 137 cm³/mol. The average Bonchev–Trinajstić information content (AvgIpc) is 2.96. The summed E-state index contributed by atoms with van der Waals surface area (Å²) in [7, 11) is 2.04. The Kier molecular flexibility index (Phi) is 7.04. The van der Waals surface area contributed by atoms with Gasteiger partial charge in [0.25, 0.3) is 5.91 Å². The Bertz CT molecular complexity index is 1010. The highest BCUT2D eigenvalue weighted by atomic mass is 16.3. The van der Waals surface area contributed by atoms with Crippen molar-refractivity contribution in [3.05, 3.63) is 59.2 Å². The van der Waals surface area contributed by atoms with Crippen LogP contribution >= 0.6 is 0 Å². The van der Waals surface area contributed by atoms with Gasteiger partial charge in [0, 0.05) is 64.6 Å². The summed E-state index contributed by atoms with van der Waals surface area (Å²) in [6, 6.07) is 15.0. The molecule has 0 spiro atoms. The third-order valence-electron chi connectivity index (χ3n) is 7.41. The first-order chi connectivity index (χ1) is 16.6. The second-order valence-electron chi connectivity index (χ2n) is 10.00. The smallest absolute Gasteiger partial charge is 0.256 e. The van der Waals surface area contributed by atoms with E-state index in [1.165, 1.54) is 17.5 Å². The van der Waals surface area contributed by atoms with Crippen molar-refractivity contribution >= 4 is 17.3 Å². The molecule has 0 aromatic heterocycles. The van der Waals surface area contributed by atoms with Gasteiger partial charge in [-0.1, -0.05) is 24.3 Å². The number of carbonyl (C=O) groups is 1. The maximum absolute atomic E-state index is 13.4. The van der Waals surface area contributed by atoms with Crippen LogP contribution in [0.3, 0.4) is 0 Å². The molecule has 0 saturated carbocycles. The van der Waals surface area contributed by atoms with Crippen LogP contribution in [0.5, 0.6) is 0 Å². The quantitative estimate of drug-likeness (QED) is 0.610. The van der Waals surface area contributed by atoms with Gasteiger partial charge in [-0.3, -0.25) is 9.69 Å². The summed E-state index contributed by atoms with van der Waals surface area (Å²) in [4.78, 5) is 19.7. The number of carbonyl (C=O) groups excluding carboxylic acids is 1. The first-order valence-corrected chi connectivity index (χ1v) is 12.7. The standard InChI is InChI=1S/C27H37N5O2/c1-30-13-14-32(19-24(33)18-31-12-10-20-5-2-3-6-21(20)17-31)27(34)25-9-8-22(15-26(25)30)29-23-7-4-11-28-16-23/h2-3,5-6,8-9,15,23-24,28-29,33H,4,7,10-14,16-19H2,1H3/t23?,24-/m1/s1. The van der Waals surface area contributed by atoms with Crippen molar-refractivity contribution in [3.8, 4) is 0 Å². The van der Waals surface area contributed by atoms with Crippen LogP contribution in [0.15, 0.2) is 42.5 Å². The first-order valence-electron chi connectivity index (χ1n) is 12.7. The van der Waals surface area contributed by atoms with E-state index in [-0.39, 0.29) is 5.91 Å². The molecule has 1 amide bonds. The molecule has 0 radical (unpaired) electrons. The lowest BCUT2D eigenvalue weighted by molar-refractivity contribution is 0.0521. The normalized spacial score (nSPS) is 22.1. The molecule has 7 heteroatoms. The van der Waals surface area contributed by atoms with Crippen LogP contribution in [0.1, 0.15) is 34.3 Å². The minimum absolute atomic E-state index is 0.00766. The van der Waals surface area contributed by atoms with Crippen LogP contribution in [-0.4, -0.2) is 85.8 Å². The van der Waals surface area contributed by atoms with Gasteiger partial charge in [-0.05, 0) is 55.1 Å². The number of rotatable bonds is 6. The van der Waals surface area contributed by atoms with E-state index in [1.54, 1.807) is 0 Å². The van der Waals surface area contributed by atoms with E-state index in [4.69, 9.17) is 0 Å². The van der Waals surface area contributed by atoms with Crippen LogP contribution in [0.4, 0.5) is 11.4 Å². The maximum Gasteiger partial charge on any atom is 0.256 e. The molecule has 0 bridgehead atoms. The first kappa shape index (κ1) is 23.1. The van der Waals surface area contributed by atoms with Crippen molar-refractivity contribution in [2.24, 2.45) is 0 Å². The SMILES string of the molecule is CN1CCN(C[C@H](O)CN2CCc3ccccc3C2)C(=O)c2ccc(NC3CCCNC3)cc21. The lowest BCUT2D eigenvalue weighted by Gasteiger charge is -2.32. The van der Waals surface area contributed by atoms with Gasteiger partial charge in [0.05, 0.1) is 17.4 Å². The highest BCUT2D eigenvalue weighted by Crippen LogP contribution is 2.29. The molecule has 1 unspecified atom stereocenters. The van der Waals surface area contributed by atoms with Gasteiger partial charge >= 0.3 is 0 Å². The second-order valence-corrected chi connectivity index (χ2v) is 10.00. The van der Waals surface area contributed by atoms with Gasteiger partial charge in [-0.2, -0.15) is 0 Å². The number of aliphatic hydroxyl groups excluding tert-OH is 1. The van der Waals surface area contributed by atoms with Gasteiger partial charge in [0.15, 0.2) is 0 Å². The molecule has 3 aliphatic heterocycles. The summed E-state index contributed by atoms with van der Waals surface area (Å²) in [6.07, 6.45) is 2.78. The largest absolute Gasteiger partial charge is 0.390 e. The molecule has 7 nitrogen and oxygen atoms in total. The van der Waals surface area contributed by atoms with Crippen LogP contribution in [0.25, 0.3) is 0 Å². The highest BCUT2D eigenvalue weighted by molar-refractivity contribution is 6.01. The molecule has 1 saturated heterocycles. The topological polar surface area (TPSA) is 71.1 Å². The summed E-state index contributed by atoms with van der Waals surface area (Å²) in [5.41, 5.74) is 5.49. The number of β-amino-alcohol motifs (C(OH)–C–C–N with tert-alkyl or cyclic N) is 1. The van der Waals surface area contributed by atoms with Gasteiger partial charge < -0.3 is 25.5 Å². The van der Waals surface area contributed by atoms with Crippen LogP contribution in [-0.2, 0) is 13.0 Å². The second kappa shape index (κ2) is 10.3. The van der Waals surface area contributed by atoms with E-state index < -0.39 is 6.10 Å². The molecule has 3 heterocycles. The summed E-state index contributed by atoms with van der Waals surface area (Å²) in [5.74, 6) is 0.00766. The molecule has 3 aliphatic rings. The van der Waals surface area contributed by atoms with Crippen molar-refractivity contribution in [2.75, 3.05) is 63.1 Å². The lowest BCUT2D eigenvalue weighted by Crippen LogP contribution is -2.44. The number of nitrogens with one attached hydrogen (secondary N) is 2. The molecule has 2 aromatic carbocycles. The minimum Gasteiger partial charge on any atom is -0.390 e. The van der Waals surface area contributed by atoms with E-state index in [0.29, 0.717) is 31.2 Å². The Hall–Kier alpha value is -2.61. The van der Waals surface area contributed by atoms with Crippen molar-refractivity contribution in [2.45, 2.75) is 38.0 Å². The van der Waals surface area contributed by atoms with E-state index in [0.717, 1.165) is 56.9 Å². The van der Waals surface area contributed by atoms with Gasteiger partial charge in [-0.15, -0.1) is 0 Å². The third kappa shape index (κ3) is 5.22. The molecule has 1 fully saturated rings. The molecule has 34 heavy (non-hydrogen) atoms. The number of benzene rings is 2. The fourth-order valence-corrected chi connectivity index (χ4v) is 5.49. The Morgan fingerprint density at radius 1 is 1.12 bits per heavy atom. The highest BCUT2D eigenvalue weighted by Gasteiger charge is 2.28. The zero-order valence-electron chi connectivity index (χ0n) is 20.2. The molecular weight excluding hydrogens is 426 g/mol. The average molecular weight is 464 g/mol.